The first-order valence-corrected chi connectivity index (χ1v) is 5.92. The SMILES string of the molecule is O=C(O)C(c1cnc[nH]1)C(C(=O)O)P(=O)(O)O. The first-order valence-electron chi connectivity index (χ1n) is 4.24. The largest absolute Gasteiger partial charge is 0.481 e. The van der Waals surface area contributed by atoms with Crippen LogP contribution in [0, 0.1) is 0 Å². The van der Waals surface area contributed by atoms with Crippen molar-refractivity contribution in [3.05, 3.63) is 18.2 Å². The van der Waals surface area contributed by atoms with Crippen molar-refractivity contribution >= 4 is 19.5 Å². The van der Waals surface area contributed by atoms with Crippen LogP contribution in [0.5, 0.6) is 0 Å². The number of nitrogens with zero attached hydrogens (tertiary/aromatic N) is 1. The molecule has 0 fully saturated rings. The lowest BCUT2D eigenvalue weighted by Gasteiger charge is -2.19. The number of aromatic amines is 1. The van der Waals surface area contributed by atoms with E-state index in [9.17, 15) is 14.2 Å². The summed E-state index contributed by atoms with van der Waals surface area (Å²) in [7, 11) is -5.11. The van der Waals surface area contributed by atoms with Gasteiger partial charge in [0.05, 0.1) is 12.0 Å². The zero-order valence-electron chi connectivity index (χ0n) is 8.22. The summed E-state index contributed by atoms with van der Waals surface area (Å²) in [5.74, 6) is -5.44. The van der Waals surface area contributed by atoms with Gasteiger partial charge in [0.15, 0.2) is 5.66 Å². The number of carbonyl (C=O) groups is 2. The minimum absolute atomic E-state index is 0.187. The van der Waals surface area contributed by atoms with Gasteiger partial charge in [-0.05, 0) is 0 Å². The number of aromatic nitrogens is 2. The number of carboxylic acids is 2. The second-order valence-corrected chi connectivity index (χ2v) is 4.93. The summed E-state index contributed by atoms with van der Waals surface area (Å²) in [4.78, 5) is 45.3. The predicted molar refractivity (Wildman–Crippen MR) is 52.4 cm³/mol. The molecule has 0 aromatic carbocycles. The van der Waals surface area contributed by atoms with Crippen molar-refractivity contribution in [1.29, 1.82) is 0 Å². The van der Waals surface area contributed by atoms with E-state index in [1.807, 2.05) is 0 Å². The summed E-state index contributed by atoms with van der Waals surface area (Å²) in [6.07, 6.45) is 2.09. The second kappa shape index (κ2) is 4.66. The van der Waals surface area contributed by atoms with Crippen LogP contribution in [0.4, 0.5) is 0 Å². The molecule has 10 heteroatoms. The van der Waals surface area contributed by atoms with Crippen molar-refractivity contribution < 1.29 is 34.2 Å². The Bertz CT molecular complexity index is 465. The highest BCUT2D eigenvalue weighted by Crippen LogP contribution is 2.47. The quantitative estimate of drug-likeness (QED) is 0.432. The predicted octanol–water partition coefficient (Wildman–Crippen LogP) is -0.791. The fraction of sp³-hybridized carbons (Fsp3) is 0.286. The summed E-state index contributed by atoms with van der Waals surface area (Å²) in [5, 5.41) is 17.6. The van der Waals surface area contributed by atoms with E-state index in [4.69, 9.17) is 20.0 Å². The fourth-order valence-electron chi connectivity index (χ4n) is 1.36. The molecular formula is C7H9N2O7P. The highest BCUT2D eigenvalue weighted by Gasteiger charge is 2.47. The standard InChI is InChI=1S/C7H9N2O7P/c10-6(11)4(3-1-8-2-9-3)5(7(12)13)17(14,15)16/h1-2,4-5H,(H,8,9)(H,10,11)(H,12,13)(H2,14,15,16). The van der Waals surface area contributed by atoms with E-state index in [0.717, 1.165) is 12.5 Å². The van der Waals surface area contributed by atoms with E-state index < -0.39 is 31.1 Å². The molecule has 0 aliphatic rings. The molecular weight excluding hydrogens is 255 g/mol. The summed E-state index contributed by atoms with van der Waals surface area (Å²) < 4.78 is 11.0. The number of aliphatic carboxylic acids is 2. The summed E-state index contributed by atoms with van der Waals surface area (Å²) in [6, 6.07) is 0. The lowest BCUT2D eigenvalue weighted by atomic mass is 10.0. The van der Waals surface area contributed by atoms with Crippen molar-refractivity contribution in [2.45, 2.75) is 11.6 Å². The van der Waals surface area contributed by atoms with Gasteiger partial charge in [-0.15, -0.1) is 0 Å². The van der Waals surface area contributed by atoms with Crippen molar-refractivity contribution in [2.24, 2.45) is 0 Å². The monoisotopic (exact) mass is 264 g/mol. The van der Waals surface area contributed by atoms with E-state index in [1.54, 1.807) is 0 Å². The third-order valence-electron chi connectivity index (χ3n) is 2.05. The van der Waals surface area contributed by atoms with Gasteiger partial charge in [-0.1, -0.05) is 0 Å². The lowest BCUT2D eigenvalue weighted by molar-refractivity contribution is -0.145. The molecule has 9 nitrogen and oxygen atoms in total. The van der Waals surface area contributed by atoms with Gasteiger partial charge in [-0.25, -0.2) is 4.98 Å². The summed E-state index contributed by atoms with van der Waals surface area (Å²) in [5.41, 5.74) is -2.55. The molecule has 0 radical (unpaired) electrons. The number of nitrogens with one attached hydrogen (secondary N) is 1. The van der Waals surface area contributed by atoms with Crippen molar-refractivity contribution in [3.8, 4) is 0 Å². The molecule has 2 unspecified atom stereocenters. The van der Waals surface area contributed by atoms with Gasteiger partial charge in [0.25, 0.3) is 0 Å². The molecule has 1 rings (SSSR count). The number of hydrogen-bond donors (Lipinski definition) is 5. The van der Waals surface area contributed by atoms with Crippen LogP contribution in [0.1, 0.15) is 11.6 Å². The Morgan fingerprint density at radius 2 is 1.88 bits per heavy atom. The molecule has 94 valence electrons. The number of hydrogen-bond acceptors (Lipinski definition) is 4. The van der Waals surface area contributed by atoms with Crippen LogP contribution >= 0.6 is 7.60 Å². The average Bonchev–Trinajstić information content (AvgIpc) is 2.62. The topological polar surface area (TPSA) is 161 Å². The van der Waals surface area contributed by atoms with E-state index in [-0.39, 0.29) is 5.69 Å². The summed E-state index contributed by atoms with van der Waals surface area (Å²) >= 11 is 0. The maximum atomic E-state index is 11.0. The van der Waals surface area contributed by atoms with E-state index >= 15 is 0 Å². The van der Waals surface area contributed by atoms with Gasteiger partial charge in [0, 0.05) is 6.20 Å². The smallest absolute Gasteiger partial charge is 0.341 e. The van der Waals surface area contributed by atoms with Gasteiger partial charge in [0.2, 0.25) is 0 Å². The van der Waals surface area contributed by atoms with Crippen LogP contribution in [-0.4, -0.2) is 47.6 Å². The van der Waals surface area contributed by atoms with E-state index in [2.05, 4.69) is 9.97 Å². The molecule has 17 heavy (non-hydrogen) atoms. The van der Waals surface area contributed by atoms with Crippen molar-refractivity contribution in [3.63, 3.8) is 0 Å². The Hall–Kier alpha value is -1.70. The van der Waals surface area contributed by atoms with Crippen LogP contribution in [0.2, 0.25) is 0 Å². The zero-order valence-corrected chi connectivity index (χ0v) is 9.11. The first-order chi connectivity index (χ1) is 7.75. The van der Waals surface area contributed by atoms with Gasteiger partial charge in [0.1, 0.15) is 5.92 Å². The molecule has 0 bridgehead atoms. The van der Waals surface area contributed by atoms with Crippen molar-refractivity contribution in [2.75, 3.05) is 0 Å². The van der Waals surface area contributed by atoms with Gasteiger partial charge >= 0.3 is 19.5 Å². The van der Waals surface area contributed by atoms with Crippen LogP contribution in [-0.2, 0) is 14.2 Å². The van der Waals surface area contributed by atoms with Crippen molar-refractivity contribution in [1.82, 2.24) is 9.97 Å². The van der Waals surface area contributed by atoms with Gasteiger partial charge in [-0.2, -0.15) is 0 Å². The molecule has 0 aliphatic heterocycles. The van der Waals surface area contributed by atoms with Gasteiger partial charge in [-0.3, -0.25) is 14.2 Å². The second-order valence-electron chi connectivity index (χ2n) is 3.20. The van der Waals surface area contributed by atoms with E-state index in [1.165, 1.54) is 0 Å². The Morgan fingerprint density at radius 1 is 1.29 bits per heavy atom. The first kappa shape index (κ1) is 13.4. The Balaban J connectivity index is 3.26. The third-order valence-corrected chi connectivity index (χ3v) is 3.30. The molecule has 1 heterocycles. The molecule has 1 aromatic rings. The fourth-order valence-corrected chi connectivity index (χ4v) is 2.32. The number of carboxylic acid groups (broad SMARTS) is 2. The molecule has 0 saturated heterocycles. The maximum absolute atomic E-state index is 11.0. The van der Waals surface area contributed by atoms with E-state index in [0.29, 0.717) is 0 Å². The van der Waals surface area contributed by atoms with Crippen LogP contribution in [0.3, 0.4) is 0 Å². The maximum Gasteiger partial charge on any atom is 0.341 e. The number of H-pyrrole nitrogens is 1. The molecule has 0 spiro atoms. The van der Waals surface area contributed by atoms with Crippen LogP contribution < -0.4 is 0 Å². The molecule has 0 saturated carbocycles. The minimum atomic E-state index is -5.11. The normalized spacial score (nSPS) is 15.2. The molecule has 0 aliphatic carbocycles. The third kappa shape index (κ3) is 2.90. The lowest BCUT2D eigenvalue weighted by Crippen LogP contribution is -2.33. The van der Waals surface area contributed by atoms with Crippen LogP contribution in [0.15, 0.2) is 12.5 Å². The molecule has 0 amide bonds. The number of imidazole rings is 1. The summed E-state index contributed by atoms with van der Waals surface area (Å²) in [6.45, 7) is 0. The average molecular weight is 264 g/mol. The number of rotatable bonds is 5. The van der Waals surface area contributed by atoms with Gasteiger partial charge < -0.3 is 25.0 Å². The minimum Gasteiger partial charge on any atom is -0.481 e. The highest BCUT2D eigenvalue weighted by molar-refractivity contribution is 7.53. The molecule has 2 atom stereocenters. The van der Waals surface area contributed by atoms with Crippen LogP contribution in [0.25, 0.3) is 0 Å². The zero-order chi connectivity index (χ0) is 13.2. The molecule has 5 N–H and O–H groups in total. The Kier molecular flexibility index (Phi) is 3.66. The highest BCUT2D eigenvalue weighted by atomic mass is 31.2. The Morgan fingerprint density at radius 3 is 2.18 bits per heavy atom. The Labute approximate surface area is 94.3 Å². The molecule has 1 aromatic heterocycles.